The number of carboxylic acid groups (broad SMARTS) is 1. The number of anilines is 1. The van der Waals surface area contributed by atoms with E-state index in [9.17, 15) is 9.90 Å². The molecular formula is C35H50N4O2. The van der Waals surface area contributed by atoms with Crippen LogP contribution in [0.5, 0.6) is 0 Å². The fourth-order valence-corrected chi connectivity index (χ4v) is 7.67. The van der Waals surface area contributed by atoms with Gasteiger partial charge in [0.05, 0.1) is 0 Å². The molecule has 1 aliphatic carbocycles. The smallest absolute Gasteiger partial charge is 0.321 e. The Morgan fingerprint density at radius 3 is 2.39 bits per heavy atom. The Balaban J connectivity index is 1.22. The van der Waals surface area contributed by atoms with E-state index in [1.54, 1.807) is 0 Å². The summed E-state index contributed by atoms with van der Waals surface area (Å²) in [6, 6.07) is 15.0. The fraction of sp³-hybridized carbons (Fsp3) is 0.600. The largest absolute Gasteiger partial charge is 0.480 e. The van der Waals surface area contributed by atoms with Crippen LogP contribution in [0, 0.1) is 18.8 Å². The quantitative estimate of drug-likeness (QED) is 0.325. The van der Waals surface area contributed by atoms with Crippen molar-refractivity contribution in [2.45, 2.75) is 96.6 Å². The van der Waals surface area contributed by atoms with E-state index in [1.165, 1.54) is 60.9 Å². The number of aromatic nitrogens is 1. The van der Waals surface area contributed by atoms with Gasteiger partial charge in [-0.15, -0.1) is 0 Å². The Morgan fingerprint density at radius 2 is 1.73 bits per heavy atom. The molecule has 3 atom stereocenters. The number of likely N-dealkylation sites (tertiary alicyclic amines) is 2. The van der Waals surface area contributed by atoms with Gasteiger partial charge in [0.1, 0.15) is 11.9 Å². The summed E-state index contributed by atoms with van der Waals surface area (Å²) >= 11 is 0. The fourth-order valence-electron chi connectivity index (χ4n) is 7.67. The predicted octanol–water partition coefficient (Wildman–Crippen LogP) is 7.09. The summed E-state index contributed by atoms with van der Waals surface area (Å²) in [4.78, 5) is 22.2. The molecule has 41 heavy (non-hydrogen) atoms. The summed E-state index contributed by atoms with van der Waals surface area (Å²) in [5.74, 6) is 1.71. The van der Waals surface area contributed by atoms with Crippen LogP contribution in [-0.2, 0) is 4.79 Å². The van der Waals surface area contributed by atoms with Gasteiger partial charge in [0, 0.05) is 36.9 Å². The number of aryl methyl sites for hydroxylation is 1. The van der Waals surface area contributed by atoms with E-state index in [2.05, 4.69) is 77.3 Å². The van der Waals surface area contributed by atoms with E-state index in [1.807, 2.05) is 12.3 Å². The number of hydrogen-bond acceptors (Lipinski definition) is 5. The molecule has 1 aromatic heterocycles. The molecule has 2 saturated heterocycles. The number of hydrogen-bond donors (Lipinski definition) is 2. The molecule has 1 saturated carbocycles. The Hall–Kier alpha value is -2.70. The number of carbonyl (C=O) groups is 1. The first-order valence-corrected chi connectivity index (χ1v) is 16.0. The molecule has 6 heteroatoms. The van der Waals surface area contributed by atoms with Gasteiger partial charge in [0.25, 0.3) is 0 Å². The first-order chi connectivity index (χ1) is 19.9. The number of carboxylic acids is 1. The number of aliphatic carboxylic acids is 1. The molecule has 222 valence electrons. The molecule has 3 heterocycles. The molecular weight excluding hydrogens is 508 g/mol. The van der Waals surface area contributed by atoms with E-state index in [0.29, 0.717) is 17.9 Å². The Morgan fingerprint density at radius 1 is 1.00 bits per heavy atom. The van der Waals surface area contributed by atoms with Gasteiger partial charge in [-0.05, 0) is 101 Å². The number of pyridine rings is 1. The van der Waals surface area contributed by atoms with Crippen LogP contribution in [-0.4, -0.2) is 64.1 Å². The zero-order chi connectivity index (χ0) is 28.8. The lowest BCUT2D eigenvalue weighted by Crippen LogP contribution is -2.48. The SMILES string of the molecule is CC(C)=C(CCC1CCN(C2CN(C(C(=O)O)C3CCCCC3)CC2c2ccccc2)CC1)Nc1ncccc1C. The lowest BCUT2D eigenvalue weighted by atomic mass is 9.83. The van der Waals surface area contributed by atoms with Crippen molar-refractivity contribution in [3.05, 3.63) is 71.1 Å². The van der Waals surface area contributed by atoms with Crippen LogP contribution >= 0.6 is 0 Å². The number of nitrogens with one attached hydrogen (secondary N) is 1. The molecule has 3 aliphatic rings. The van der Waals surface area contributed by atoms with Crippen LogP contribution in [0.4, 0.5) is 5.82 Å². The lowest BCUT2D eigenvalue weighted by molar-refractivity contribution is -0.145. The molecule has 3 fully saturated rings. The van der Waals surface area contributed by atoms with Crippen LogP contribution in [0.25, 0.3) is 0 Å². The van der Waals surface area contributed by atoms with Gasteiger partial charge in [-0.3, -0.25) is 14.6 Å². The first-order valence-electron chi connectivity index (χ1n) is 16.0. The summed E-state index contributed by atoms with van der Waals surface area (Å²) in [6.45, 7) is 10.4. The van der Waals surface area contributed by atoms with Crippen molar-refractivity contribution in [1.82, 2.24) is 14.8 Å². The Labute approximate surface area is 247 Å². The zero-order valence-corrected chi connectivity index (χ0v) is 25.4. The summed E-state index contributed by atoms with van der Waals surface area (Å²) in [6.07, 6.45) is 12.2. The molecule has 5 rings (SSSR count). The van der Waals surface area contributed by atoms with Crippen molar-refractivity contribution in [2.24, 2.45) is 11.8 Å². The lowest BCUT2D eigenvalue weighted by Gasteiger charge is -2.39. The van der Waals surface area contributed by atoms with Crippen molar-refractivity contribution < 1.29 is 9.90 Å². The summed E-state index contributed by atoms with van der Waals surface area (Å²) < 4.78 is 0. The normalized spacial score (nSPS) is 23.8. The van der Waals surface area contributed by atoms with Gasteiger partial charge >= 0.3 is 5.97 Å². The van der Waals surface area contributed by atoms with Crippen molar-refractivity contribution in [3.8, 4) is 0 Å². The highest BCUT2D eigenvalue weighted by atomic mass is 16.4. The summed E-state index contributed by atoms with van der Waals surface area (Å²) in [7, 11) is 0. The standard InChI is InChI=1S/C35H50N4O2/c1-25(2)31(37-34-26(3)11-10-20-36-34)17-16-27-18-21-38(22-19-27)32-24-39(23-30(32)28-12-6-4-7-13-28)33(35(40)41)29-14-8-5-9-15-29/h4,6-7,10-13,20,27,29-30,32-33H,5,8-9,14-19,21-24H2,1-3H3,(H,36,37)(H,40,41). The molecule has 0 bridgehead atoms. The van der Waals surface area contributed by atoms with Crippen molar-refractivity contribution in [3.63, 3.8) is 0 Å². The predicted molar refractivity (Wildman–Crippen MR) is 167 cm³/mol. The van der Waals surface area contributed by atoms with Gasteiger partial charge in [-0.1, -0.05) is 61.2 Å². The minimum Gasteiger partial charge on any atom is -0.480 e. The average Bonchev–Trinajstić information content (AvgIpc) is 3.42. The van der Waals surface area contributed by atoms with Crippen LogP contribution in [0.15, 0.2) is 59.9 Å². The van der Waals surface area contributed by atoms with Crippen molar-refractivity contribution >= 4 is 11.8 Å². The first kappa shape index (κ1) is 29.8. The third kappa shape index (κ3) is 7.39. The zero-order valence-electron chi connectivity index (χ0n) is 25.4. The molecule has 2 N–H and O–H groups in total. The highest BCUT2D eigenvalue weighted by Crippen LogP contribution is 2.38. The Kier molecular flexibility index (Phi) is 10.2. The second-order valence-corrected chi connectivity index (χ2v) is 13.0. The van der Waals surface area contributed by atoms with Gasteiger partial charge in [0.15, 0.2) is 0 Å². The number of nitrogens with zero attached hydrogens (tertiary/aromatic N) is 3. The van der Waals surface area contributed by atoms with E-state index in [-0.39, 0.29) is 12.0 Å². The molecule has 0 spiro atoms. The minimum atomic E-state index is -0.618. The molecule has 0 radical (unpaired) electrons. The summed E-state index contributed by atoms with van der Waals surface area (Å²) in [5, 5.41) is 14.0. The van der Waals surface area contributed by atoms with E-state index in [0.717, 1.165) is 51.3 Å². The van der Waals surface area contributed by atoms with Crippen LogP contribution in [0.2, 0.25) is 0 Å². The monoisotopic (exact) mass is 558 g/mol. The molecule has 2 aliphatic heterocycles. The third-order valence-corrected chi connectivity index (χ3v) is 10.1. The minimum absolute atomic E-state index is 0.287. The van der Waals surface area contributed by atoms with Crippen LogP contribution < -0.4 is 5.32 Å². The van der Waals surface area contributed by atoms with Gasteiger partial charge in [-0.2, -0.15) is 0 Å². The van der Waals surface area contributed by atoms with E-state index < -0.39 is 5.97 Å². The second-order valence-electron chi connectivity index (χ2n) is 13.0. The highest BCUT2D eigenvalue weighted by Gasteiger charge is 2.45. The average molecular weight is 559 g/mol. The molecule has 0 amide bonds. The summed E-state index contributed by atoms with van der Waals surface area (Å²) in [5.41, 5.74) is 5.16. The van der Waals surface area contributed by atoms with Crippen molar-refractivity contribution in [2.75, 3.05) is 31.5 Å². The van der Waals surface area contributed by atoms with E-state index >= 15 is 0 Å². The topological polar surface area (TPSA) is 68.7 Å². The number of piperidine rings is 1. The maximum absolute atomic E-state index is 12.6. The van der Waals surface area contributed by atoms with Crippen LogP contribution in [0.1, 0.15) is 88.7 Å². The molecule has 3 unspecified atom stereocenters. The molecule has 2 aromatic rings. The maximum atomic E-state index is 12.6. The van der Waals surface area contributed by atoms with Crippen LogP contribution in [0.3, 0.4) is 0 Å². The Bertz CT molecular complexity index is 1160. The maximum Gasteiger partial charge on any atom is 0.321 e. The van der Waals surface area contributed by atoms with E-state index in [4.69, 9.17) is 0 Å². The number of rotatable bonds is 10. The highest BCUT2D eigenvalue weighted by molar-refractivity contribution is 5.74. The third-order valence-electron chi connectivity index (χ3n) is 10.1. The van der Waals surface area contributed by atoms with Gasteiger partial charge in [-0.25, -0.2) is 4.98 Å². The number of benzene rings is 1. The number of allylic oxidation sites excluding steroid dienone is 2. The molecule has 1 aromatic carbocycles. The van der Waals surface area contributed by atoms with Gasteiger partial charge < -0.3 is 10.4 Å². The molecule has 6 nitrogen and oxygen atoms in total. The van der Waals surface area contributed by atoms with Crippen molar-refractivity contribution in [1.29, 1.82) is 0 Å². The second kappa shape index (κ2) is 14.0. The van der Waals surface area contributed by atoms with Gasteiger partial charge in [0.2, 0.25) is 0 Å².